The van der Waals surface area contributed by atoms with Gasteiger partial charge in [-0.2, -0.15) is 0 Å². The van der Waals surface area contributed by atoms with Crippen molar-refractivity contribution in [3.8, 4) is 0 Å². The number of pyridine rings is 1. The maximum Gasteiger partial charge on any atom is 0.412 e. The third-order valence-electron chi connectivity index (χ3n) is 1.23. The molecule has 0 aliphatic carbocycles. The van der Waals surface area contributed by atoms with E-state index in [0.29, 0.717) is 12.4 Å². The van der Waals surface area contributed by atoms with E-state index in [2.05, 4.69) is 37.6 Å². The highest BCUT2D eigenvalue weighted by molar-refractivity contribution is 14.1. The Labute approximate surface area is 89.8 Å². The number of nitrogens with one attached hydrogen (secondary N) is 1. The zero-order valence-electron chi connectivity index (χ0n) is 7.08. The first-order valence-corrected chi connectivity index (χ1v) is 4.85. The number of carbonyl (C=O) groups is 1. The highest BCUT2D eigenvalue weighted by atomic mass is 127. The van der Waals surface area contributed by atoms with Gasteiger partial charge in [0.15, 0.2) is 0 Å². The Morgan fingerprint density at radius 1 is 1.69 bits per heavy atom. The predicted molar refractivity (Wildman–Crippen MR) is 57.6 cm³/mol. The summed E-state index contributed by atoms with van der Waals surface area (Å²) in [5.41, 5.74) is 0. The zero-order valence-corrected chi connectivity index (χ0v) is 9.24. The molecule has 1 heterocycles. The van der Waals surface area contributed by atoms with Crippen LogP contribution in [0.2, 0.25) is 0 Å². The lowest BCUT2D eigenvalue weighted by molar-refractivity contribution is 0.168. The van der Waals surface area contributed by atoms with Crippen LogP contribution in [-0.4, -0.2) is 17.7 Å². The molecular weight excluding hydrogens is 283 g/mol. The molecule has 0 aliphatic heterocycles. The maximum atomic E-state index is 10.9. The Hall–Kier alpha value is -0.850. The first-order chi connectivity index (χ1) is 6.22. The molecule has 0 bridgehead atoms. The van der Waals surface area contributed by atoms with E-state index in [-0.39, 0.29) is 0 Å². The van der Waals surface area contributed by atoms with Crippen molar-refractivity contribution in [2.45, 2.75) is 6.92 Å². The Kier molecular flexibility index (Phi) is 3.94. The van der Waals surface area contributed by atoms with Gasteiger partial charge in [0.25, 0.3) is 0 Å². The summed E-state index contributed by atoms with van der Waals surface area (Å²) in [6.07, 6.45) is 1.19. The van der Waals surface area contributed by atoms with Crippen molar-refractivity contribution in [3.05, 3.63) is 21.9 Å². The van der Waals surface area contributed by atoms with Crippen molar-refractivity contribution in [3.63, 3.8) is 0 Å². The van der Waals surface area contributed by atoms with Crippen LogP contribution in [0.1, 0.15) is 6.92 Å². The molecule has 70 valence electrons. The Morgan fingerprint density at radius 2 is 2.46 bits per heavy atom. The van der Waals surface area contributed by atoms with E-state index in [1.54, 1.807) is 19.2 Å². The molecule has 0 spiro atoms. The molecule has 0 saturated carbocycles. The molecule has 1 rings (SSSR count). The number of aromatic nitrogens is 1. The summed E-state index contributed by atoms with van der Waals surface area (Å²) < 4.78 is 5.70. The largest absolute Gasteiger partial charge is 0.450 e. The van der Waals surface area contributed by atoms with Crippen LogP contribution in [0, 0.1) is 3.57 Å². The number of ether oxygens (including phenoxy) is 1. The predicted octanol–water partition coefficient (Wildman–Crippen LogP) is 2.25. The normalized spacial score (nSPS) is 9.38. The van der Waals surface area contributed by atoms with Gasteiger partial charge < -0.3 is 4.74 Å². The fourth-order valence-electron chi connectivity index (χ4n) is 0.722. The smallest absolute Gasteiger partial charge is 0.412 e. The molecule has 4 nitrogen and oxygen atoms in total. The molecule has 1 N–H and O–H groups in total. The molecule has 1 aromatic heterocycles. The number of hydrogen-bond acceptors (Lipinski definition) is 3. The van der Waals surface area contributed by atoms with Gasteiger partial charge in [-0.05, 0) is 41.6 Å². The number of amides is 1. The van der Waals surface area contributed by atoms with Crippen LogP contribution in [0.25, 0.3) is 0 Å². The van der Waals surface area contributed by atoms with E-state index in [4.69, 9.17) is 0 Å². The zero-order chi connectivity index (χ0) is 9.68. The summed E-state index contributed by atoms with van der Waals surface area (Å²) in [7, 11) is 0. The van der Waals surface area contributed by atoms with Crippen LogP contribution >= 0.6 is 22.6 Å². The lowest BCUT2D eigenvalue weighted by Crippen LogP contribution is -2.14. The van der Waals surface area contributed by atoms with Crippen LogP contribution < -0.4 is 5.32 Å². The second-order valence-electron chi connectivity index (χ2n) is 2.21. The molecule has 0 radical (unpaired) electrons. The lowest BCUT2D eigenvalue weighted by Gasteiger charge is -2.03. The Balaban J connectivity index is 2.54. The average Bonchev–Trinajstić information content (AvgIpc) is 2.09. The Morgan fingerprint density at radius 3 is 3.00 bits per heavy atom. The van der Waals surface area contributed by atoms with Gasteiger partial charge in [0.2, 0.25) is 0 Å². The van der Waals surface area contributed by atoms with Gasteiger partial charge in [0.1, 0.15) is 5.82 Å². The van der Waals surface area contributed by atoms with E-state index in [1.165, 1.54) is 0 Å². The van der Waals surface area contributed by atoms with E-state index in [0.717, 1.165) is 3.57 Å². The SMILES string of the molecule is CCOC(=O)Nc1ccc(I)cn1. The van der Waals surface area contributed by atoms with Crippen molar-refractivity contribution < 1.29 is 9.53 Å². The molecule has 13 heavy (non-hydrogen) atoms. The van der Waals surface area contributed by atoms with Crippen LogP contribution in [0.3, 0.4) is 0 Å². The van der Waals surface area contributed by atoms with Gasteiger partial charge >= 0.3 is 6.09 Å². The highest BCUT2D eigenvalue weighted by Crippen LogP contribution is 2.06. The molecule has 0 unspecified atom stereocenters. The third-order valence-corrected chi connectivity index (χ3v) is 1.87. The topological polar surface area (TPSA) is 51.2 Å². The maximum absolute atomic E-state index is 10.9. The third kappa shape index (κ3) is 3.58. The number of rotatable bonds is 2. The molecule has 0 aliphatic rings. The van der Waals surface area contributed by atoms with E-state index in [9.17, 15) is 4.79 Å². The summed E-state index contributed by atoms with van der Waals surface area (Å²) in [6.45, 7) is 2.11. The Bertz CT molecular complexity index is 287. The van der Waals surface area contributed by atoms with E-state index in [1.807, 2.05) is 6.07 Å². The van der Waals surface area contributed by atoms with Crippen LogP contribution in [0.15, 0.2) is 18.3 Å². The second kappa shape index (κ2) is 5.00. The highest BCUT2D eigenvalue weighted by Gasteiger charge is 2.01. The first-order valence-electron chi connectivity index (χ1n) is 3.77. The molecule has 0 saturated heterocycles. The molecule has 1 aromatic rings. The first kappa shape index (κ1) is 10.2. The monoisotopic (exact) mass is 292 g/mol. The van der Waals surface area contributed by atoms with E-state index < -0.39 is 6.09 Å². The van der Waals surface area contributed by atoms with Crippen molar-refractivity contribution in [2.75, 3.05) is 11.9 Å². The van der Waals surface area contributed by atoms with Crippen LogP contribution in [-0.2, 0) is 4.74 Å². The van der Waals surface area contributed by atoms with Crippen LogP contribution in [0.4, 0.5) is 10.6 Å². The van der Waals surface area contributed by atoms with Crippen molar-refractivity contribution in [2.24, 2.45) is 0 Å². The molecular formula is C8H9IN2O2. The summed E-state index contributed by atoms with van der Waals surface area (Å²) >= 11 is 2.14. The second-order valence-corrected chi connectivity index (χ2v) is 3.45. The fourth-order valence-corrected chi connectivity index (χ4v) is 1.04. The van der Waals surface area contributed by atoms with Gasteiger partial charge in [-0.1, -0.05) is 0 Å². The summed E-state index contributed by atoms with van der Waals surface area (Å²) in [5.74, 6) is 0.499. The summed E-state index contributed by atoms with van der Waals surface area (Å²) in [6, 6.07) is 3.58. The lowest BCUT2D eigenvalue weighted by atomic mass is 10.5. The molecule has 5 heteroatoms. The standard InChI is InChI=1S/C8H9IN2O2/c1-2-13-8(12)11-7-4-3-6(9)5-10-7/h3-5H,2H2,1H3,(H,10,11,12). The van der Waals surface area contributed by atoms with Gasteiger partial charge in [-0.3, -0.25) is 5.32 Å². The average molecular weight is 292 g/mol. The quantitative estimate of drug-likeness (QED) is 0.851. The fraction of sp³-hybridized carbons (Fsp3) is 0.250. The molecule has 0 aromatic carbocycles. The number of hydrogen-bond donors (Lipinski definition) is 1. The minimum absolute atomic E-state index is 0.357. The molecule has 0 atom stereocenters. The molecule has 0 fully saturated rings. The number of carbonyl (C=O) groups excluding carboxylic acids is 1. The van der Waals surface area contributed by atoms with Gasteiger partial charge in [0.05, 0.1) is 6.61 Å². The van der Waals surface area contributed by atoms with Gasteiger partial charge in [-0.25, -0.2) is 9.78 Å². The van der Waals surface area contributed by atoms with Crippen molar-refractivity contribution in [1.82, 2.24) is 4.98 Å². The minimum Gasteiger partial charge on any atom is -0.450 e. The van der Waals surface area contributed by atoms with Crippen molar-refractivity contribution >= 4 is 34.5 Å². The number of nitrogens with zero attached hydrogens (tertiary/aromatic N) is 1. The van der Waals surface area contributed by atoms with Crippen molar-refractivity contribution in [1.29, 1.82) is 0 Å². The van der Waals surface area contributed by atoms with Gasteiger partial charge in [-0.15, -0.1) is 0 Å². The molecule has 1 amide bonds. The number of anilines is 1. The summed E-state index contributed by atoms with van der Waals surface area (Å²) in [5, 5.41) is 2.49. The minimum atomic E-state index is -0.476. The van der Waals surface area contributed by atoms with Gasteiger partial charge in [0, 0.05) is 9.77 Å². The summed E-state index contributed by atoms with van der Waals surface area (Å²) in [4.78, 5) is 14.9. The number of halogens is 1. The van der Waals surface area contributed by atoms with Crippen LogP contribution in [0.5, 0.6) is 0 Å². The van der Waals surface area contributed by atoms with E-state index >= 15 is 0 Å².